The maximum atomic E-state index is 11.9. The summed E-state index contributed by atoms with van der Waals surface area (Å²) in [6, 6.07) is 7.49. The molecule has 3 N–H and O–H groups in total. The predicted octanol–water partition coefficient (Wildman–Crippen LogP) is 3.17. The molecular formula is C17H27ClN2O2. The summed E-state index contributed by atoms with van der Waals surface area (Å²) in [4.78, 5) is 11.9. The van der Waals surface area contributed by atoms with Crippen molar-refractivity contribution in [1.82, 2.24) is 5.32 Å². The molecule has 0 aliphatic heterocycles. The number of hydrogen-bond acceptors (Lipinski definition) is 3. The molecule has 0 aromatic heterocycles. The molecule has 0 bridgehead atoms. The van der Waals surface area contributed by atoms with Crippen LogP contribution in [0.3, 0.4) is 0 Å². The van der Waals surface area contributed by atoms with Gasteiger partial charge in [-0.2, -0.15) is 0 Å². The minimum atomic E-state index is -0.419. The zero-order valence-corrected chi connectivity index (χ0v) is 14.0. The summed E-state index contributed by atoms with van der Waals surface area (Å²) in [5.41, 5.74) is 6.83. The fourth-order valence-corrected chi connectivity index (χ4v) is 2.71. The standard InChI is InChI=1S/C17H26N2O2.ClH/c1-2-7-15(18)17(20)19-12-13-8-3-6-11-16(13)21-14-9-4-5-10-14;/h3,6,8,11,14-15H,2,4-5,7,9-10,12,18H2,1H3,(H,19,20);1H. The molecule has 1 aliphatic rings. The number of rotatable bonds is 7. The van der Waals surface area contributed by atoms with E-state index in [4.69, 9.17) is 10.5 Å². The van der Waals surface area contributed by atoms with Crippen molar-refractivity contribution < 1.29 is 9.53 Å². The number of para-hydroxylation sites is 1. The van der Waals surface area contributed by atoms with Gasteiger partial charge in [0.15, 0.2) is 0 Å². The van der Waals surface area contributed by atoms with Gasteiger partial charge >= 0.3 is 0 Å². The summed E-state index contributed by atoms with van der Waals surface area (Å²) >= 11 is 0. The van der Waals surface area contributed by atoms with Crippen molar-refractivity contribution in [2.75, 3.05) is 0 Å². The number of amides is 1. The molecule has 1 amide bonds. The molecule has 1 aromatic carbocycles. The van der Waals surface area contributed by atoms with E-state index in [1.165, 1.54) is 12.8 Å². The highest BCUT2D eigenvalue weighted by Crippen LogP contribution is 2.26. The Hall–Kier alpha value is -1.26. The van der Waals surface area contributed by atoms with Gasteiger partial charge in [-0.05, 0) is 38.2 Å². The van der Waals surface area contributed by atoms with Crippen molar-refractivity contribution in [3.05, 3.63) is 29.8 Å². The SMILES string of the molecule is CCCC(N)C(=O)NCc1ccccc1OC1CCCC1.Cl. The molecule has 22 heavy (non-hydrogen) atoms. The number of benzene rings is 1. The molecule has 1 saturated carbocycles. The van der Waals surface area contributed by atoms with Crippen molar-refractivity contribution in [3.8, 4) is 5.75 Å². The maximum absolute atomic E-state index is 11.9. The third kappa shape index (κ3) is 5.50. The average molecular weight is 327 g/mol. The second-order valence-corrected chi connectivity index (χ2v) is 5.75. The summed E-state index contributed by atoms with van der Waals surface area (Å²) in [6.45, 7) is 2.50. The van der Waals surface area contributed by atoms with Crippen molar-refractivity contribution in [3.63, 3.8) is 0 Å². The highest BCUT2D eigenvalue weighted by atomic mass is 35.5. The Morgan fingerprint density at radius 2 is 2.05 bits per heavy atom. The van der Waals surface area contributed by atoms with E-state index < -0.39 is 6.04 Å². The first kappa shape index (κ1) is 18.8. The number of halogens is 1. The van der Waals surface area contributed by atoms with Gasteiger partial charge in [0.25, 0.3) is 0 Å². The van der Waals surface area contributed by atoms with Crippen molar-refractivity contribution >= 4 is 18.3 Å². The smallest absolute Gasteiger partial charge is 0.237 e. The van der Waals surface area contributed by atoms with Gasteiger partial charge in [-0.3, -0.25) is 4.79 Å². The first-order valence-electron chi connectivity index (χ1n) is 7.98. The number of carbonyl (C=O) groups is 1. The summed E-state index contributed by atoms with van der Waals surface area (Å²) in [7, 11) is 0. The van der Waals surface area contributed by atoms with Crippen LogP contribution in [-0.4, -0.2) is 18.1 Å². The van der Waals surface area contributed by atoms with Crippen molar-refractivity contribution in [2.45, 2.75) is 64.1 Å². The van der Waals surface area contributed by atoms with Crippen LogP contribution >= 0.6 is 12.4 Å². The van der Waals surface area contributed by atoms with Gasteiger partial charge in [0.05, 0.1) is 12.1 Å². The van der Waals surface area contributed by atoms with Crippen LogP contribution in [0.4, 0.5) is 0 Å². The van der Waals surface area contributed by atoms with Crippen LogP contribution in [0.1, 0.15) is 51.0 Å². The van der Waals surface area contributed by atoms with E-state index in [0.717, 1.165) is 30.6 Å². The molecule has 1 aliphatic carbocycles. The second-order valence-electron chi connectivity index (χ2n) is 5.75. The van der Waals surface area contributed by atoms with Crippen molar-refractivity contribution in [1.29, 1.82) is 0 Å². The first-order valence-corrected chi connectivity index (χ1v) is 7.98. The Labute approximate surface area is 139 Å². The molecule has 4 nitrogen and oxygen atoms in total. The Kier molecular flexibility index (Phi) is 8.28. The van der Waals surface area contributed by atoms with Gasteiger partial charge in [-0.25, -0.2) is 0 Å². The van der Waals surface area contributed by atoms with E-state index in [1.807, 2.05) is 31.2 Å². The van der Waals surface area contributed by atoms with E-state index in [-0.39, 0.29) is 18.3 Å². The zero-order chi connectivity index (χ0) is 15.1. The van der Waals surface area contributed by atoms with Crippen LogP contribution < -0.4 is 15.8 Å². The first-order chi connectivity index (χ1) is 10.2. The molecule has 1 atom stereocenters. The highest BCUT2D eigenvalue weighted by molar-refractivity contribution is 5.85. The number of nitrogens with one attached hydrogen (secondary N) is 1. The fourth-order valence-electron chi connectivity index (χ4n) is 2.71. The topological polar surface area (TPSA) is 64.4 Å². The molecule has 1 fully saturated rings. The van der Waals surface area contributed by atoms with Crippen LogP contribution in [0.2, 0.25) is 0 Å². The molecule has 1 aromatic rings. The van der Waals surface area contributed by atoms with E-state index in [1.54, 1.807) is 0 Å². The van der Waals surface area contributed by atoms with Crippen LogP contribution in [-0.2, 0) is 11.3 Å². The molecule has 0 radical (unpaired) electrons. The van der Waals surface area contributed by atoms with Gasteiger partial charge in [0.2, 0.25) is 5.91 Å². The number of carbonyl (C=O) groups excluding carboxylic acids is 1. The quantitative estimate of drug-likeness (QED) is 0.809. The van der Waals surface area contributed by atoms with Gasteiger partial charge in [0, 0.05) is 12.1 Å². The third-order valence-corrected chi connectivity index (χ3v) is 3.96. The fraction of sp³-hybridized carbons (Fsp3) is 0.588. The van der Waals surface area contributed by atoms with E-state index in [2.05, 4.69) is 5.32 Å². The lowest BCUT2D eigenvalue weighted by Crippen LogP contribution is -2.40. The molecule has 124 valence electrons. The lowest BCUT2D eigenvalue weighted by molar-refractivity contribution is -0.122. The Balaban J connectivity index is 0.00000242. The van der Waals surface area contributed by atoms with E-state index >= 15 is 0 Å². The van der Waals surface area contributed by atoms with E-state index in [9.17, 15) is 4.79 Å². The van der Waals surface area contributed by atoms with Gasteiger partial charge in [0.1, 0.15) is 5.75 Å². The highest BCUT2D eigenvalue weighted by Gasteiger charge is 2.18. The van der Waals surface area contributed by atoms with Gasteiger partial charge < -0.3 is 15.8 Å². The Morgan fingerprint density at radius 1 is 1.36 bits per heavy atom. The molecule has 0 saturated heterocycles. The summed E-state index contributed by atoms with van der Waals surface area (Å²) in [5, 5.41) is 2.90. The van der Waals surface area contributed by atoms with Gasteiger partial charge in [-0.15, -0.1) is 12.4 Å². The lowest BCUT2D eigenvalue weighted by Gasteiger charge is -2.17. The average Bonchev–Trinajstić information content (AvgIpc) is 2.99. The summed E-state index contributed by atoms with van der Waals surface area (Å²) in [5.74, 6) is 0.793. The van der Waals surface area contributed by atoms with Crippen LogP contribution in [0.5, 0.6) is 5.75 Å². The normalized spacial score (nSPS) is 15.9. The number of nitrogens with two attached hydrogens (primary N) is 1. The molecule has 5 heteroatoms. The van der Waals surface area contributed by atoms with Crippen LogP contribution in [0.15, 0.2) is 24.3 Å². The Morgan fingerprint density at radius 3 is 2.73 bits per heavy atom. The molecular weight excluding hydrogens is 300 g/mol. The molecule has 0 spiro atoms. The summed E-state index contributed by atoms with van der Waals surface area (Å²) in [6.07, 6.45) is 6.70. The number of hydrogen-bond donors (Lipinski definition) is 2. The molecule has 1 unspecified atom stereocenters. The number of ether oxygens (including phenoxy) is 1. The third-order valence-electron chi connectivity index (χ3n) is 3.96. The molecule has 0 heterocycles. The largest absolute Gasteiger partial charge is 0.490 e. The minimum Gasteiger partial charge on any atom is -0.490 e. The lowest BCUT2D eigenvalue weighted by atomic mass is 10.1. The predicted molar refractivity (Wildman–Crippen MR) is 91.3 cm³/mol. The maximum Gasteiger partial charge on any atom is 0.237 e. The molecule has 2 rings (SSSR count). The second kappa shape index (κ2) is 9.70. The van der Waals surface area contributed by atoms with Crippen molar-refractivity contribution in [2.24, 2.45) is 5.73 Å². The van der Waals surface area contributed by atoms with E-state index in [0.29, 0.717) is 19.1 Å². The van der Waals surface area contributed by atoms with Crippen LogP contribution in [0, 0.1) is 0 Å². The monoisotopic (exact) mass is 326 g/mol. The summed E-state index contributed by atoms with van der Waals surface area (Å²) < 4.78 is 6.06. The minimum absolute atomic E-state index is 0. The van der Waals surface area contributed by atoms with Crippen LogP contribution in [0.25, 0.3) is 0 Å². The van der Waals surface area contributed by atoms with Gasteiger partial charge in [-0.1, -0.05) is 31.5 Å². The zero-order valence-electron chi connectivity index (χ0n) is 13.2. The Bertz CT molecular complexity index is 462.